The maximum Gasteiger partial charge on any atom is 0.263 e. The van der Waals surface area contributed by atoms with Crippen LogP contribution in [0.3, 0.4) is 0 Å². The lowest BCUT2D eigenvalue weighted by Crippen LogP contribution is -2.54. The first-order chi connectivity index (χ1) is 26.7. The molecule has 0 bridgehead atoms. The van der Waals surface area contributed by atoms with Gasteiger partial charge in [0.25, 0.3) is 11.8 Å². The van der Waals surface area contributed by atoms with Crippen LogP contribution >= 0.6 is 23.4 Å². The van der Waals surface area contributed by atoms with Crippen LogP contribution in [0.2, 0.25) is 0 Å². The van der Waals surface area contributed by atoms with Gasteiger partial charge in [-0.15, -0.1) is 23.4 Å². The number of aromatic hydroxyl groups is 1. The highest BCUT2D eigenvalue weighted by molar-refractivity contribution is 7.99. The molecule has 0 aromatic heterocycles. The Kier molecular flexibility index (Phi) is 13.4. The van der Waals surface area contributed by atoms with E-state index in [0.29, 0.717) is 60.3 Å². The van der Waals surface area contributed by atoms with Gasteiger partial charge in [-0.3, -0.25) is 34.2 Å². The summed E-state index contributed by atoms with van der Waals surface area (Å²) in [6, 6.07) is 29.2. The molecule has 10 nitrogen and oxygen atoms in total. The van der Waals surface area contributed by atoms with Crippen LogP contribution in [0.5, 0.6) is 11.5 Å². The molecule has 0 saturated carbocycles. The highest BCUT2D eigenvalue weighted by Gasteiger charge is 2.45. The second-order valence-electron chi connectivity index (χ2n) is 13.2. The first-order valence-electron chi connectivity index (χ1n) is 18.4. The first kappa shape index (κ1) is 39.3. The summed E-state index contributed by atoms with van der Waals surface area (Å²) >= 11 is 7.74. The summed E-state index contributed by atoms with van der Waals surface area (Å²) in [5, 5.41) is 15.1. The molecule has 2 heterocycles. The number of hydrogen-bond donors (Lipinski definition) is 3. The average Bonchev–Trinajstić information content (AvgIpc) is 3.45. The van der Waals surface area contributed by atoms with Crippen LogP contribution in [0.15, 0.2) is 102 Å². The third-order valence-corrected chi connectivity index (χ3v) is 10.8. The monoisotopic (exact) mass is 779 g/mol. The van der Waals surface area contributed by atoms with Gasteiger partial charge in [-0.05, 0) is 95.7 Å². The Morgan fingerprint density at radius 2 is 1.56 bits per heavy atom. The number of phenolic OH excluding ortho intramolecular Hbond substituents is 1. The third kappa shape index (κ3) is 9.65. The van der Waals surface area contributed by atoms with Crippen molar-refractivity contribution in [1.29, 1.82) is 0 Å². The summed E-state index contributed by atoms with van der Waals surface area (Å²) in [5.41, 5.74) is 5.73. The number of carbonyl (C=O) groups excluding carboxylic acids is 5. The number of alkyl halides is 1. The molecule has 2 aliphatic rings. The van der Waals surface area contributed by atoms with Crippen LogP contribution in [0.25, 0.3) is 11.1 Å². The molecule has 3 N–H and O–H groups in total. The number of benzene rings is 4. The molecule has 1 atom stereocenters. The van der Waals surface area contributed by atoms with Gasteiger partial charge in [0.1, 0.15) is 24.1 Å². The zero-order valence-electron chi connectivity index (χ0n) is 30.2. The molecule has 6 rings (SSSR count). The van der Waals surface area contributed by atoms with Gasteiger partial charge < -0.3 is 15.2 Å². The van der Waals surface area contributed by atoms with Gasteiger partial charge in [0.2, 0.25) is 17.7 Å². The second-order valence-corrected chi connectivity index (χ2v) is 14.7. The van der Waals surface area contributed by atoms with Gasteiger partial charge in [0.05, 0.1) is 17.7 Å². The van der Waals surface area contributed by atoms with Crippen LogP contribution in [-0.4, -0.2) is 70.4 Å². The maximum absolute atomic E-state index is 13.3. The number of piperidine rings is 1. The Hall–Kier alpha value is -5.39. The minimum absolute atomic E-state index is 0.0541. The molecule has 1 fully saturated rings. The molecule has 0 spiro atoms. The number of hydrogen-bond acceptors (Lipinski definition) is 8. The van der Waals surface area contributed by atoms with E-state index in [0.717, 1.165) is 45.6 Å². The van der Waals surface area contributed by atoms with Crippen molar-refractivity contribution in [1.82, 2.24) is 15.5 Å². The van der Waals surface area contributed by atoms with Crippen molar-refractivity contribution in [3.63, 3.8) is 0 Å². The van der Waals surface area contributed by atoms with Crippen molar-refractivity contribution >= 4 is 64.0 Å². The van der Waals surface area contributed by atoms with Gasteiger partial charge in [-0.2, -0.15) is 0 Å². The Morgan fingerprint density at radius 3 is 2.27 bits per heavy atom. The number of rotatable bonds is 17. The molecule has 284 valence electrons. The number of nitrogens with zero attached hydrogens (tertiary/aromatic N) is 1. The van der Waals surface area contributed by atoms with Crippen LogP contribution < -0.4 is 15.4 Å². The fourth-order valence-corrected chi connectivity index (χ4v) is 8.08. The number of phenols is 1. The number of halogens is 1. The molecule has 4 aromatic rings. The number of fused-ring (bicyclic) bond motifs is 1. The molecule has 0 aliphatic carbocycles. The van der Waals surface area contributed by atoms with Crippen molar-refractivity contribution in [2.45, 2.75) is 55.9 Å². The van der Waals surface area contributed by atoms with E-state index in [4.69, 9.17) is 16.3 Å². The van der Waals surface area contributed by atoms with E-state index in [1.54, 1.807) is 30.3 Å². The first-order valence-corrected chi connectivity index (χ1v) is 19.9. The van der Waals surface area contributed by atoms with E-state index in [9.17, 15) is 29.1 Å². The van der Waals surface area contributed by atoms with Gasteiger partial charge in [-0.1, -0.05) is 67.1 Å². The van der Waals surface area contributed by atoms with Gasteiger partial charge in [0, 0.05) is 23.6 Å². The molecular weight excluding hydrogens is 738 g/mol. The normalized spacial score (nSPS) is 15.7. The molecule has 55 heavy (non-hydrogen) atoms. The Balaban J connectivity index is 0.934. The SMILES string of the molecule is O=C(CCCCCSc1cccc2c1C(=O)N(C1CCC(=O)NC1=O)C2=O)NCCOc1ccc(C(=C(CCCl)c2ccccc2)c2ccc(O)cc2)cc1. The lowest BCUT2D eigenvalue weighted by Gasteiger charge is -2.27. The molecule has 0 radical (unpaired) electrons. The topological polar surface area (TPSA) is 142 Å². The number of nitrogens with one attached hydrogen (secondary N) is 2. The summed E-state index contributed by atoms with van der Waals surface area (Å²) in [7, 11) is 0. The average molecular weight is 780 g/mol. The summed E-state index contributed by atoms with van der Waals surface area (Å²) < 4.78 is 5.93. The molecule has 1 unspecified atom stereocenters. The lowest BCUT2D eigenvalue weighted by molar-refractivity contribution is -0.136. The zero-order chi connectivity index (χ0) is 38.7. The van der Waals surface area contributed by atoms with E-state index in [1.807, 2.05) is 54.6 Å². The Bertz CT molecular complexity index is 2070. The van der Waals surface area contributed by atoms with Crippen LogP contribution in [0, 0.1) is 0 Å². The summed E-state index contributed by atoms with van der Waals surface area (Å²) in [6.07, 6.45) is 3.55. The number of imide groups is 2. The minimum atomic E-state index is -0.998. The zero-order valence-corrected chi connectivity index (χ0v) is 31.8. The van der Waals surface area contributed by atoms with Crippen molar-refractivity contribution in [3.05, 3.63) is 125 Å². The van der Waals surface area contributed by atoms with Gasteiger partial charge in [0.15, 0.2) is 0 Å². The number of thioether (sulfide) groups is 1. The van der Waals surface area contributed by atoms with E-state index in [2.05, 4.69) is 22.8 Å². The second kappa shape index (κ2) is 18.8. The number of ether oxygens (including phenoxy) is 1. The minimum Gasteiger partial charge on any atom is -0.508 e. The number of carbonyl (C=O) groups is 5. The quantitative estimate of drug-likeness (QED) is 0.0335. The third-order valence-electron chi connectivity index (χ3n) is 9.50. The Labute approximate surface area is 329 Å². The van der Waals surface area contributed by atoms with Crippen molar-refractivity contribution in [2.75, 3.05) is 24.8 Å². The van der Waals surface area contributed by atoms with E-state index >= 15 is 0 Å². The molecular formula is C43H42ClN3O7S. The predicted octanol–water partition coefficient (Wildman–Crippen LogP) is 7.23. The van der Waals surface area contributed by atoms with E-state index < -0.39 is 29.7 Å². The van der Waals surface area contributed by atoms with Crippen LogP contribution in [0.1, 0.15) is 82.4 Å². The highest BCUT2D eigenvalue weighted by Crippen LogP contribution is 2.37. The van der Waals surface area contributed by atoms with Crippen molar-refractivity contribution < 1.29 is 33.8 Å². The highest BCUT2D eigenvalue weighted by atomic mass is 35.5. The summed E-state index contributed by atoms with van der Waals surface area (Å²) in [5.74, 6) is -0.103. The van der Waals surface area contributed by atoms with Crippen LogP contribution in [-0.2, 0) is 14.4 Å². The maximum atomic E-state index is 13.3. The fraction of sp³-hybridized carbons (Fsp3) is 0.279. The summed E-state index contributed by atoms with van der Waals surface area (Å²) in [4.78, 5) is 64.5. The number of unbranched alkanes of at least 4 members (excludes halogenated alkanes) is 2. The molecule has 4 aromatic carbocycles. The predicted molar refractivity (Wildman–Crippen MR) is 213 cm³/mol. The van der Waals surface area contributed by atoms with E-state index in [-0.39, 0.29) is 30.1 Å². The molecule has 5 amide bonds. The Morgan fingerprint density at radius 1 is 0.836 bits per heavy atom. The summed E-state index contributed by atoms with van der Waals surface area (Å²) in [6.45, 7) is 0.679. The van der Waals surface area contributed by atoms with Gasteiger partial charge in [-0.25, -0.2) is 0 Å². The van der Waals surface area contributed by atoms with Crippen LogP contribution in [0.4, 0.5) is 0 Å². The standard InChI is InChI=1S/C43H42ClN3O7S/c44-24-23-33(28-8-3-1-4-9-28)39(29-13-17-31(48)18-14-29)30-15-19-32(20-16-30)54-26-25-45-37(49)12-5-2-6-27-55-36-11-7-10-34-40(36)43(53)47(42(34)52)35-21-22-38(50)46-41(35)51/h1,3-4,7-11,13-20,35,48H,2,5-6,12,21-27H2,(H,45,49)(H,46,50,51). The van der Waals surface area contributed by atoms with Crippen molar-refractivity contribution in [3.8, 4) is 11.5 Å². The number of allylic oxidation sites excluding steroid dienone is 1. The van der Waals surface area contributed by atoms with E-state index in [1.165, 1.54) is 11.8 Å². The largest absolute Gasteiger partial charge is 0.508 e. The number of amides is 5. The van der Waals surface area contributed by atoms with Gasteiger partial charge >= 0.3 is 0 Å². The smallest absolute Gasteiger partial charge is 0.263 e. The fourth-order valence-electron chi connectivity index (χ4n) is 6.81. The van der Waals surface area contributed by atoms with Crippen molar-refractivity contribution in [2.24, 2.45) is 0 Å². The molecule has 2 aliphatic heterocycles. The molecule has 12 heteroatoms. The molecule has 1 saturated heterocycles. The lowest BCUT2D eigenvalue weighted by atomic mass is 9.88.